The van der Waals surface area contributed by atoms with Gasteiger partial charge in [0.25, 0.3) is 5.89 Å². The molecule has 0 spiro atoms. The number of rotatable bonds is 5. The third-order valence-corrected chi connectivity index (χ3v) is 2.71. The molecule has 0 aliphatic rings. The Hall–Kier alpha value is -2.08. The van der Waals surface area contributed by atoms with E-state index >= 15 is 0 Å². The number of ether oxygens (including phenoxy) is 2. The first-order chi connectivity index (χ1) is 9.15. The van der Waals surface area contributed by atoms with Gasteiger partial charge in [-0.1, -0.05) is 5.16 Å². The molecule has 0 saturated heterocycles. The lowest BCUT2D eigenvalue weighted by atomic mass is 10.1. The van der Waals surface area contributed by atoms with Crippen LogP contribution in [0, 0.1) is 0 Å². The first-order valence-electron chi connectivity index (χ1n) is 6.04. The van der Waals surface area contributed by atoms with Crippen molar-refractivity contribution in [3.63, 3.8) is 0 Å². The predicted octanol–water partition coefficient (Wildman–Crippen LogP) is 2.42. The molecule has 2 rings (SSSR count). The Kier molecular flexibility index (Phi) is 4.01. The van der Waals surface area contributed by atoms with Crippen LogP contribution in [-0.4, -0.2) is 23.9 Å². The number of anilines is 1. The van der Waals surface area contributed by atoms with Crippen LogP contribution >= 0.6 is 0 Å². The molecule has 6 heteroatoms. The Morgan fingerprint density at radius 2 is 2.21 bits per heavy atom. The molecule has 6 nitrogen and oxygen atoms in total. The van der Waals surface area contributed by atoms with Gasteiger partial charge in [0.1, 0.15) is 11.9 Å². The summed E-state index contributed by atoms with van der Waals surface area (Å²) >= 11 is 0. The number of aromatic nitrogens is 2. The number of hydrogen-bond donors (Lipinski definition) is 1. The van der Waals surface area contributed by atoms with Gasteiger partial charge >= 0.3 is 0 Å². The Balaban J connectivity index is 2.27. The highest BCUT2D eigenvalue weighted by Gasteiger charge is 2.16. The van der Waals surface area contributed by atoms with Crippen molar-refractivity contribution in [1.82, 2.24) is 10.1 Å². The van der Waals surface area contributed by atoms with Gasteiger partial charge in [-0.25, -0.2) is 0 Å². The summed E-state index contributed by atoms with van der Waals surface area (Å²) in [6, 6.07) is 5.30. The van der Waals surface area contributed by atoms with Gasteiger partial charge in [0.15, 0.2) is 0 Å². The van der Waals surface area contributed by atoms with Crippen molar-refractivity contribution >= 4 is 5.69 Å². The summed E-state index contributed by atoms with van der Waals surface area (Å²) in [5, 5.41) is 3.90. The van der Waals surface area contributed by atoms with E-state index in [1.54, 1.807) is 25.3 Å². The molecule has 102 valence electrons. The topological polar surface area (TPSA) is 83.4 Å². The summed E-state index contributed by atoms with van der Waals surface area (Å²) in [4.78, 5) is 4.29. The summed E-state index contributed by atoms with van der Waals surface area (Å²) < 4.78 is 15.7. The van der Waals surface area contributed by atoms with E-state index in [-0.39, 0.29) is 6.10 Å². The first kappa shape index (κ1) is 13.4. The fourth-order valence-corrected chi connectivity index (χ4v) is 1.70. The van der Waals surface area contributed by atoms with Crippen LogP contribution in [0.15, 0.2) is 22.7 Å². The lowest BCUT2D eigenvalue weighted by Gasteiger charge is -2.05. The summed E-state index contributed by atoms with van der Waals surface area (Å²) in [5.41, 5.74) is 7.14. The molecular weight excluding hydrogens is 246 g/mol. The van der Waals surface area contributed by atoms with Gasteiger partial charge in [-0.05, 0) is 26.0 Å². The van der Waals surface area contributed by atoms with E-state index in [1.807, 2.05) is 13.8 Å². The fraction of sp³-hybridized carbons (Fsp3) is 0.385. The lowest BCUT2D eigenvalue weighted by molar-refractivity contribution is 0.0683. The molecule has 1 heterocycles. The van der Waals surface area contributed by atoms with Crippen molar-refractivity contribution in [1.29, 1.82) is 0 Å². The number of benzene rings is 1. The molecule has 2 N–H and O–H groups in total. The second-order valence-corrected chi connectivity index (χ2v) is 4.01. The monoisotopic (exact) mass is 263 g/mol. The zero-order chi connectivity index (χ0) is 13.8. The van der Waals surface area contributed by atoms with Crippen LogP contribution in [0.2, 0.25) is 0 Å². The highest BCUT2D eigenvalue weighted by molar-refractivity contribution is 5.71. The Morgan fingerprint density at radius 1 is 1.42 bits per heavy atom. The van der Waals surface area contributed by atoms with E-state index in [9.17, 15) is 0 Å². The van der Waals surface area contributed by atoms with Crippen LogP contribution in [0.4, 0.5) is 5.69 Å². The molecule has 0 aliphatic heterocycles. The minimum absolute atomic E-state index is 0.207. The molecular formula is C13H17N3O3. The van der Waals surface area contributed by atoms with Crippen molar-refractivity contribution in [3.8, 4) is 17.2 Å². The first-order valence-corrected chi connectivity index (χ1v) is 6.04. The highest BCUT2D eigenvalue weighted by Crippen LogP contribution is 2.29. The van der Waals surface area contributed by atoms with Crippen molar-refractivity contribution < 1.29 is 14.0 Å². The van der Waals surface area contributed by atoms with E-state index < -0.39 is 0 Å². The van der Waals surface area contributed by atoms with Gasteiger partial charge in [0.2, 0.25) is 5.82 Å². The van der Waals surface area contributed by atoms with Crippen LogP contribution in [0.1, 0.15) is 25.8 Å². The molecule has 0 aliphatic carbocycles. The molecule has 1 aromatic heterocycles. The molecule has 1 aromatic carbocycles. The van der Waals surface area contributed by atoms with Crippen LogP contribution in [0.25, 0.3) is 11.5 Å². The van der Waals surface area contributed by atoms with E-state index in [2.05, 4.69) is 10.1 Å². The van der Waals surface area contributed by atoms with Crippen LogP contribution in [0.3, 0.4) is 0 Å². The van der Waals surface area contributed by atoms with Gasteiger partial charge in [0.05, 0.1) is 12.7 Å². The van der Waals surface area contributed by atoms with Crippen molar-refractivity contribution in [3.05, 3.63) is 24.0 Å². The molecule has 1 unspecified atom stereocenters. The largest absolute Gasteiger partial charge is 0.497 e. The SMILES string of the molecule is CCOC(C)c1noc(-c2ccc(OC)cc2N)n1. The molecule has 0 saturated carbocycles. The number of hydrogen-bond acceptors (Lipinski definition) is 6. The summed E-state index contributed by atoms with van der Waals surface area (Å²) in [7, 11) is 1.59. The van der Waals surface area contributed by atoms with E-state index in [0.29, 0.717) is 35.3 Å². The van der Waals surface area contributed by atoms with Gasteiger partial charge < -0.3 is 19.7 Å². The normalized spacial score (nSPS) is 12.4. The van der Waals surface area contributed by atoms with E-state index in [4.69, 9.17) is 19.7 Å². The van der Waals surface area contributed by atoms with Crippen LogP contribution in [0.5, 0.6) is 5.75 Å². The van der Waals surface area contributed by atoms with Gasteiger partial charge in [0, 0.05) is 18.4 Å². The molecule has 19 heavy (non-hydrogen) atoms. The van der Waals surface area contributed by atoms with E-state index in [1.165, 1.54) is 0 Å². The molecule has 2 aromatic rings. The third kappa shape index (κ3) is 2.85. The number of nitrogens with two attached hydrogens (primary N) is 1. The minimum Gasteiger partial charge on any atom is -0.497 e. The fourth-order valence-electron chi connectivity index (χ4n) is 1.70. The maximum atomic E-state index is 5.93. The number of methoxy groups -OCH3 is 1. The van der Waals surface area contributed by atoms with Crippen LogP contribution in [-0.2, 0) is 4.74 Å². The standard InChI is InChI=1S/C13H17N3O3/c1-4-18-8(2)12-15-13(19-16-12)10-6-5-9(17-3)7-11(10)14/h5-8H,4,14H2,1-3H3. The van der Waals surface area contributed by atoms with Gasteiger partial charge in [-0.15, -0.1) is 0 Å². The Bertz CT molecular complexity index is 554. The maximum Gasteiger partial charge on any atom is 0.260 e. The predicted molar refractivity (Wildman–Crippen MR) is 70.7 cm³/mol. The summed E-state index contributed by atoms with van der Waals surface area (Å²) in [6.07, 6.45) is -0.207. The smallest absolute Gasteiger partial charge is 0.260 e. The Labute approximate surface area is 111 Å². The zero-order valence-corrected chi connectivity index (χ0v) is 11.2. The van der Waals surface area contributed by atoms with Crippen molar-refractivity contribution in [2.75, 3.05) is 19.5 Å². The summed E-state index contributed by atoms with van der Waals surface area (Å²) in [6.45, 7) is 4.38. The summed E-state index contributed by atoms with van der Waals surface area (Å²) in [5.74, 6) is 1.57. The Morgan fingerprint density at radius 3 is 2.84 bits per heavy atom. The number of nitrogen functional groups attached to an aromatic ring is 1. The average molecular weight is 263 g/mol. The average Bonchev–Trinajstić information content (AvgIpc) is 2.88. The van der Waals surface area contributed by atoms with Gasteiger partial charge in [-0.3, -0.25) is 0 Å². The second kappa shape index (κ2) is 5.71. The third-order valence-electron chi connectivity index (χ3n) is 2.71. The minimum atomic E-state index is -0.207. The molecule has 0 bridgehead atoms. The lowest BCUT2D eigenvalue weighted by Crippen LogP contribution is -2.01. The zero-order valence-electron chi connectivity index (χ0n) is 11.2. The number of nitrogens with zero attached hydrogens (tertiary/aromatic N) is 2. The van der Waals surface area contributed by atoms with Crippen LogP contribution < -0.4 is 10.5 Å². The molecule has 1 atom stereocenters. The quantitative estimate of drug-likeness (QED) is 0.834. The molecule has 0 amide bonds. The van der Waals surface area contributed by atoms with Gasteiger partial charge in [-0.2, -0.15) is 4.98 Å². The maximum absolute atomic E-state index is 5.93. The highest BCUT2D eigenvalue weighted by atomic mass is 16.5. The van der Waals surface area contributed by atoms with Crippen molar-refractivity contribution in [2.24, 2.45) is 0 Å². The van der Waals surface area contributed by atoms with E-state index in [0.717, 1.165) is 0 Å². The molecule has 0 radical (unpaired) electrons. The molecule has 0 fully saturated rings. The second-order valence-electron chi connectivity index (χ2n) is 4.01. The van der Waals surface area contributed by atoms with Crippen molar-refractivity contribution in [2.45, 2.75) is 20.0 Å².